The minimum Gasteiger partial charge on any atom is -0.322 e. The van der Waals surface area contributed by atoms with E-state index in [4.69, 9.17) is 0 Å². The van der Waals surface area contributed by atoms with Gasteiger partial charge < -0.3 is 5.32 Å². The van der Waals surface area contributed by atoms with E-state index in [-0.39, 0.29) is 5.91 Å². The van der Waals surface area contributed by atoms with Crippen LogP contribution >= 0.6 is 11.8 Å². The second kappa shape index (κ2) is 6.72. The maximum Gasteiger partial charge on any atom is 0.288 e. The normalized spacial score (nSPS) is 10.7. The second-order valence-corrected chi connectivity index (χ2v) is 5.74. The molecule has 2 aromatic carbocycles. The predicted octanol–water partition coefficient (Wildman–Crippen LogP) is 4.87. The zero-order chi connectivity index (χ0) is 15.4. The Hall–Kier alpha value is -1.88. The summed E-state index contributed by atoms with van der Waals surface area (Å²) in [5, 5.41) is 2.76. The number of benzene rings is 2. The van der Waals surface area contributed by atoms with Crippen LogP contribution < -0.4 is 5.32 Å². The summed E-state index contributed by atoms with van der Waals surface area (Å²) in [5.41, 5.74) is 3.18. The van der Waals surface area contributed by atoms with E-state index in [9.17, 15) is 13.6 Å². The van der Waals surface area contributed by atoms with Gasteiger partial charge in [-0.2, -0.15) is 8.78 Å². The van der Waals surface area contributed by atoms with Gasteiger partial charge in [-0.05, 0) is 49.7 Å². The highest BCUT2D eigenvalue weighted by atomic mass is 32.2. The molecule has 0 aromatic heterocycles. The van der Waals surface area contributed by atoms with Crippen LogP contribution in [0.2, 0.25) is 0 Å². The van der Waals surface area contributed by atoms with Crippen LogP contribution in [-0.2, 0) is 0 Å². The maximum atomic E-state index is 12.2. The molecule has 0 spiro atoms. The van der Waals surface area contributed by atoms with Crippen molar-refractivity contribution in [3.8, 4) is 0 Å². The summed E-state index contributed by atoms with van der Waals surface area (Å²) >= 11 is 0.480. The zero-order valence-electron chi connectivity index (χ0n) is 11.7. The zero-order valence-corrected chi connectivity index (χ0v) is 12.5. The predicted molar refractivity (Wildman–Crippen MR) is 82.2 cm³/mol. The van der Waals surface area contributed by atoms with Crippen LogP contribution in [-0.4, -0.2) is 11.7 Å². The third-order valence-corrected chi connectivity index (χ3v) is 3.69. The maximum absolute atomic E-state index is 12.2. The molecule has 1 amide bonds. The number of halogens is 2. The van der Waals surface area contributed by atoms with Gasteiger partial charge in [0.1, 0.15) is 0 Å². The van der Waals surface area contributed by atoms with Crippen molar-refractivity contribution < 1.29 is 13.6 Å². The molecule has 0 saturated carbocycles. The fourth-order valence-corrected chi connectivity index (χ4v) is 2.49. The van der Waals surface area contributed by atoms with E-state index in [1.807, 2.05) is 26.0 Å². The van der Waals surface area contributed by atoms with E-state index in [0.717, 1.165) is 11.1 Å². The van der Waals surface area contributed by atoms with Crippen molar-refractivity contribution in [3.63, 3.8) is 0 Å². The summed E-state index contributed by atoms with van der Waals surface area (Å²) in [6, 6.07) is 12.0. The van der Waals surface area contributed by atoms with Gasteiger partial charge in [-0.15, -0.1) is 0 Å². The molecule has 0 atom stereocenters. The summed E-state index contributed by atoms with van der Waals surface area (Å²) in [5.74, 6) is -2.65. The van der Waals surface area contributed by atoms with E-state index >= 15 is 0 Å². The van der Waals surface area contributed by atoms with Gasteiger partial charge in [0, 0.05) is 16.1 Å². The third-order valence-electron chi connectivity index (χ3n) is 2.96. The molecule has 0 fully saturated rings. The van der Waals surface area contributed by atoms with Crippen LogP contribution in [0, 0.1) is 13.8 Å². The first kappa shape index (κ1) is 15.5. The topological polar surface area (TPSA) is 29.1 Å². The van der Waals surface area contributed by atoms with Gasteiger partial charge in [-0.25, -0.2) is 0 Å². The monoisotopic (exact) mass is 307 g/mol. The van der Waals surface area contributed by atoms with E-state index in [2.05, 4.69) is 5.32 Å². The Morgan fingerprint density at radius 3 is 2.33 bits per heavy atom. The first-order chi connectivity index (χ1) is 9.95. The molecule has 2 rings (SSSR count). The summed E-state index contributed by atoms with van der Waals surface area (Å²) in [6.07, 6.45) is 0. The third kappa shape index (κ3) is 4.29. The molecular formula is C16H15F2NOS. The Labute approximate surface area is 126 Å². The minimum atomic E-state index is -2.44. The number of hydrogen-bond donors (Lipinski definition) is 1. The molecule has 2 aromatic rings. The van der Waals surface area contributed by atoms with Crippen molar-refractivity contribution >= 4 is 23.4 Å². The Kier molecular flexibility index (Phi) is 4.96. The van der Waals surface area contributed by atoms with Gasteiger partial charge in [0.05, 0.1) is 0 Å². The smallest absolute Gasteiger partial charge is 0.288 e. The molecule has 0 saturated heterocycles. The van der Waals surface area contributed by atoms with Crippen molar-refractivity contribution in [1.82, 2.24) is 0 Å². The SMILES string of the molecule is Cc1ccc(C(=O)Nc2ccc(SC(F)F)cc2)c(C)c1. The standard InChI is InChI=1S/C16H15F2NOS/c1-10-3-8-14(11(2)9-10)15(20)19-12-4-6-13(7-5-12)21-16(17)18/h3-9,16H,1-2H3,(H,19,20). The minimum absolute atomic E-state index is 0.207. The summed E-state index contributed by atoms with van der Waals surface area (Å²) < 4.78 is 24.4. The lowest BCUT2D eigenvalue weighted by Gasteiger charge is -2.09. The Balaban J connectivity index is 2.08. The van der Waals surface area contributed by atoms with Crippen molar-refractivity contribution in [3.05, 3.63) is 59.2 Å². The van der Waals surface area contributed by atoms with Crippen LogP contribution in [0.4, 0.5) is 14.5 Å². The van der Waals surface area contributed by atoms with Crippen LogP contribution in [0.15, 0.2) is 47.4 Å². The first-order valence-electron chi connectivity index (χ1n) is 6.39. The van der Waals surface area contributed by atoms with Crippen molar-refractivity contribution in [2.75, 3.05) is 5.32 Å². The number of amides is 1. The Bertz CT molecular complexity index is 641. The van der Waals surface area contributed by atoms with Crippen LogP contribution in [0.25, 0.3) is 0 Å². The molecule has 110 valence electrons. The van der Waals surface area contributed by atoms with E-state index < -0.39 is 5.76 Å². The highest BCUT2D eigenvalue weighted by Gasteiger charge is 2.10. The number of thioether (sulfide) groups is 1. The molecule has 0 aliphatic rings. The lowest BCUT2D eigenvalue weighted by atomic mass is 10.1. The molecule has 0 aliphatic heterocycles. The highest BCUT2D eigenvalue weighted by Crippen LogP contribution is 2.26. The largest absolute Gasteiger partial charge is 0.322 e. The second-order valence-electron chi connectivity index (χ2n) is 4.68. The first-order valence-corrected chi connectivity index (χ1v) is 7.27. The quantitative estimate of drug-likeness (QED) is 0.816. The average Bonchev–Trinajstić information content (AvgIpc) is 2.40. The van der Waals surface area contributed by atoms with Gasteiger partial charge in [0.25, 0.3) is 11.7 Å². The van der Waals surface area contributed by atoms with Gasteiger partial charge >= 0.3 is 0 Å². The fraction of sp³-hybridized carbons (Fsp3) is 0.188. The van der Waals surface area contributed by atoms with Gasteiger partial charge in [0.2, 0.25) is 0 Å². The summed E-state index contributed by atoms with van der Waals surface area (Å²) in [6.45, 7) is 3.85. The highest BCUT2D eigenvalue weighted by molar-refractivity contribution is 7.99. The van der Waals surface area contributed by atoms with E-state index in [1.54, 1.807) is 30.3 Å². The number of alkyl halides is 2. The molecule has 21 heavy (non-hydrogen) atoms. The molecule has 2 nitrogen and oxygen atoms in total. The lowest BCUT2D eigenvalue weighted by molar-refractivity contribution is 0.102. The van der Waals surface area contributed by atoms with Gasteiger partial charge in [0.15, 0.2) is 0 Å². The molecule has 1 N–H and O–H groups in total. The van der Waals surface area contributed by atoms with Crippen LogP contribution in [0.5, 0.6) is 0 Å². The molecule has 0 radical (unpaired) electrons. The van der Waals surface area contributed by atoms with Crippen molar-refractivity contribution in [2.24, 2.45) is 0 Å². The summed E-state index contributed by atoms with van der Waals surface area (Å²) in [7, 11) is 0. The number of rotatable bonds is 4. The van der Waals surface area contributed by atoms with Gasteiger partial charge in [-0.1, -0.05) is 29.5 Å². The molecule has 0 unspecified atom stereocenters. The number of anilines is 1. The molecule has 0 heterocycles. The van der Waals surface area contributed by atoms with Crippen LogP contribution in [0.1, 0.15) is 21.5 Å². The number of aryl methyl sites for hydroxylation is 2. The van der Waals surface area contributed by atoms with E-state index in [0.29, 0.717) is 27.9 Å². The molecule has 5 heteroatoms. The van der Waals surface area contributed by atoms with Crippen molar-refractivity contribution in [2.45, 2.75) is 24.5 Å². The molecular weight excluding hydrogens is 292 g/mol. The molecule has 0 bridgehead atoms. The molecule has 0 aliphatic carbocycles. The van der Waals surface area contributed by atoms with E-state index in [1.165, 1.54) is 0 Å². The Morgan fingerprint density at radius 1 is 1.10 bits per heavy atom. The Morgan fingerprint density at radius 2 is 1.76 bits per heavy atom. The number of hydrogen-bond acceptors (Lipinski definition) is 2. The van der Waals surface area contributed by atoms with Crippen molar-refractivity contribution in [1.29, 1.82) is 0 Å². The fourth-order valence-electron chi connectivity index (χ4n) is 1.99. The lowest BCUT2D eigenvalue weighted by Crippen LogP contribution is -2.13. The summed E-state index contributed by atoms with van der Waals surface area (Å²) in [4.78, 5) is 12.6. The average molecular weight is 307 g/mol. The number of carbonyl (C=O) groups is 1. The number of nitrogens with one attached hydrogen (secondary N) is 1. The number of carbonyl (C=O) groups excluding carboxylic acids is 1. The van der Waals surface area contributed by atoms with Crippen LogP contribution in [0.3, 0.4) is 0 Å². The van der Waals surface area contributed by atoms with Gasteiger partial charge in [-0.3, -0.25) is 4.79 Å².